The normalized spacial score (nSPS) is 11.1. The Bertz CT molecular complexity index is 1110. The van der Waals surface area contributed by atoms with Gasteiger partial charge in [0, 0.05) is 28.6 Å². The first kappa shape index (κ1) is 20.1. The van der Waals surface area contributed by atoms with Crippen molar-refractivity contribution in [2.75, 3.05) is 17.1 Å². The summed E-state index contributed by atoms with van der Waals surface area (Å²) in [4.78, 5) is 15.5. The van der Waals surface area contributed by atoms with Gasteiger partial charge in [-0.15, -0.1) is 11.3 Å². The monoisotopic (exact) mass is 437 g/mol. The highest BCUT2D eigenvalue weighted by Gasteiger charge is 2.22. The molecule has 0 fully saturated rings. The van der Waals surface area contributed by atoms with Crippen LogP contribution in [0.5, 0.6) is 5.75 Å². The number of rotatable bonds is 6. The van der Waals surface area contributed by atoms with Gasteiger partial charge in [-0.05, 0) is 30.3 Å². The van der Waals surface area contributed by atoms with Crippen molar-refractivity contribution < 1.29 is 17.9 Å². The average Bonchev–Trinajstić information content (AvgIpc) is 3.09. The third kappa shape index (κ3) is 4.61. The van der Waals surface area contributed by atoms with Crippen molar-refractivity contribution >= 4 is 49.7 Å². The van der Waals surface area contributed by atoms with E-state index >= 15 is 0 Å². The zero-order valence-electron chi connectivity index (χ0n) is 14.9. The van der Waals surface area contributed by atoms with E-state index in [1.54, 1.807) is 35.7 Å². The van der Waals surface area contributed by atoms with Gasteiger partial charge in [-0.1, -0.05) is 23.7 Å². The molecule has 0 radical (unpaired) electrons. The van der Waals surface area contributed by atoms with Crippen LogP contribution in [-0.4, -0.2) is 26.4 Å². The average molecular weight is 438 g/mol. The zero-order valence-corrected chi connectivity index (χ0v) is 17.3. The van der Waals surface area contributed by atoms with Crippen LogP contribution >= 0.6 is 22.9 Å². The van der Waals surface area contributed by atoms with Gasteiger partial charge in [0.2, 0.25) is 5.91 Å². The third-order valence-corrected chi connectivity index (χ3v) is 6.14. The number of aromatic nitrogens is 1. The number of carbonyl (C=O) groups excluding carboxylic acids is 1. The number of halogens is 1. The Morgan fingerprint density at radius 2 is 1.89 bits per heavy atom. The highest BCUT2D eigenvalue weighted by Crippen LogP contribution is 2.31. The molecular formula is C18H16ClN3O4S2. The number of anilines is 2. The Hall–Kier alpha value is -2.62. The Morgan fingerprint density at radius 1 is 1.18 bits per heavy atom. The second-order valence-electron chi connectivity index (χ2n) is 5.70. The second kappa shape index (κ2) is 8.17. The molecule has 0 aliphatic rings. The molecule has 1 heterocycles. The summed E-state index contributed by atoms with van der Waals surface area (Å²) >= 11 is 7.04. The smallest absolute Gasteiger partial charge is 0.267 e. The fourth-order valence-corrected chi connectivity index (χ4v) is 4.71. The predicted molar refractivity (Wildman–Crippen MR) is 111 cm³/mol. The van der Waals surface area contributed by atoms with Crippen LogP contribution in [-0.2, 0) is 14.8 Å². The molecule has 0 atom stereocenters. The lowest BCUT2D eigenvalue weighted by atomic mass is 10.2. The number of hydrogen-bond donors (Lipinski definition) is 2. The molecule has 0 saturated carbocycles. The van der Waals surface area contributed by atoms with Gasteiger partial charge in [-0.3, -0.25) is 9.52 Å². The largest absolute Gasteiger partial charge is 0.495 e. The van der Waals surface area contributed by atoms with Crippen LogP contribution in [0.4, 0.5) is 10.8 Å². The molecule has 0 unspecified atom stereocenters. The van der Waals surface area contributed by atoms with Gasteiger partial charge in [-0.25, -0.2) is 13.4 Å². The van der Waals surface area contributed by atoms with Gasteiger partial charge in [0.25, 0.3) is 10.0 Å². The molecule has 1 amide bonds. The van der Waals surface area contributed by atoms with Gasteiger partial charge < -0.3 is 10.1 Å². The standard InChI is InChI=1S/C18H16ClN3O4S2/c1-11(23)20-14-7-8-16(26-2)17(9-14)28(24,25)22-18-21-15(10-27-18)12-3-5-13(19)6-4-12/h3-10H,1-2H3,(H,20,23)(H,21,22). The van der Waals surface area contributed by atoms with Gasteiger partial charge >= 0.3 is 0 Å². The molecule has 28 heavy (non-hydrogen) atoms. The van der Waals surface area contributed by atoms with E-state index in [9.17, 15) is 13.2 Å². The van der Waals surface area contributed by atoms with E-state index < -0.39 is 10.0 Å². The number of carbonyl (C=O) groups is 1. The molecule has 0 aliphatic carbocycles. The molecule has 3 aromatic rings. The maximum Gasteiger partial charge on any atom is 0.267 e. The van der Waals surface area contributed by atoms with Crippen LogP contribution in [0.1, 0.15) is 6.92 Å². The zero-order chi connectivity index (χ0) is 20.3. The van der Waals surface area contributed by atoms with Crippen molar-refractivity contribution in [3.63, 3.8) is 0 Å². The molecule has 0 saturated heterocycles. The summed E-state index contributed by atoms with van der Waals surface area (Å²) in [5.41, 5.74) is 1.78. The quantitative estimate of drug-likeness (QED) is 0.601. The van der Waals surface area contributed by atoms with Crippen molar-refractivity contribution in [1.82, 2.24) is 4.98 Å². The van der Waals surface area contributed by atoms with E-state index in [4.69, 9.17) is 16.3 Å². The SMILES string of the molecule is COc1ccc(NC(C)=O)cc1S(=O)(=O)Nc1nc(-c2ccc(Cl)cc2)cs1. The van der Waals surface area contributed by atoms with E-state index in [1.165, 1.54) is 26.2 Å². The maximum atomic E-state index is 12.9. The number of hydrogen-bond acceptors (Lipinski definition) is 6. The molecule has 3 rings (SSSR count). The Kier molecular flexibility index (Phi) is 5.87. The van der Waals surface area contributed by atoms with E-state index in [1.807, 2.05) is 0 Å². The molecular weight excluding hydrogens is 422 g/mol. The minimum Gasteiger partial charge on any atom is -0.495 e. The summed E-state index contributed by atoms with van der Waals surface area (Å²) in [6.45, 7) is 1.34. The van der Waals surface area contributed by atoms with Gasteiger partial charge in [-0.2, -0.15) is 0 Å². The lowest BCUT2D eigenvalue weighted by molar-refractivity contribution is -0.114. The number of amides is 1. The number of ether oxygens (including phenoxy) is 1. The van der Waals surface area contributed by atoms with Crippen molar-refractivity contribution in [1.29, 1.82) is 0 Å². The summed E-state index contributed by atoms with van der Waals surface area (Å²) in [6, 6.07) is 11.4. The Morgan fingerprint density at radius 3 is 2.54 bits per heavy atom. The van der Waals surface area contributed by atoms with Gasteiger partial charge in [0.05, 0.1) is 12.8 Å². The Balaban J connectivity index is 1.90. The number of nitrogens with one attached hydrogen (secondary N) is 2. The lowest BCUT2D eigenvalue weighted by Crippen LogP contribution is -2.15. The van der Waals surface area contributed by atoms with E-state index in [0.29, 0.717) is 16.4 Å². The fourth-order valence-electron chi connectivity index (χ4n) is 2.41. The van der Waals surface area contributed by atoms with Crippen LogP contribution in [0, 0.1) is 0 Å². The molecule has 146 valence electrons. The first-order chi connectivity index (χ1) is 13.3. The molecule has 0 bridgehead atoms. The maximum absolute atomic E-state index is 12.9. The molecule has 0 spiro atoms. The number of sulfonamides is 1. The number of methoxy groups -OCH3 is 1. The molecule has 10 heteroatoms. The molecule has 2 N–H and O–H groups in total. The van der Waals surface area contributed by atoms with Gasteiger partial charge in [0.15, 0.2) is 5.13 Å². The second-order valence-corrected chi connectivity index (χ2v) is 8.64. The van der Waals surface area contributed by atoms with E-state index in [2.05, 4.69) is 15.0 Å². The minimum absolute atomic E-state index is 0.107. The predicted octanol–water partition coefficient (Wildman–Crippen LogP) is 4.23. The van der Waals surface area contributed by atoms with E-state index in [0.717, 1.165) is 16.9 Å². The van der Waals surface area contributed by atoms with E-state index in [-0.39, 0.29) is 21.7 Å². The number of benzene rings is 2. The minimum atomic E-state index is -3.99. The highest BCUT2D eigenvalue weighted by molar-refractivity contribution is 7.93. The van der Waals surface area contributed by atoms with Crippen molar-refractivity contribution in [2.45, 2.75) is 11.8 Å². The van der Waals surface area contributed by atoms with Crippen LogP contribution < -0.4 is 14.8 Å². The molecule has 0 aliphatic heterocycles. The summed E-state index contributed by atoms with van der Waals surface area (Å²) < 4.78 is 33.3. The summed E-state index contributed by atoms with van der Waals surface area (Å²) in [6.07, 6.45) is 0. The van der Waals surface area contributed by atoms with Crippen molar-refractivity contribution in [3.8, 4) is 17.0 Å². The third-order valence-electron chi connectivity index (χ3n) is 3.64. The van der Waals surface area contributed by atoms with Gasteiger partial charge in [0.1, 0.15) is 10.6 Å². The van der Waals surface area contributed by atoms with Crippen LogP contribution in [0.25, 0.3) is 11.3 Å². The highest BCUT2D eigenvalue weighted by atomic mass is 35.5. The first-order valence-corrected chi connectivity index (χ1v) is 10.7. The Labute approximate surface area is 171 Å². The van der Waals surface area contributed by atoms with Crippen LogP contribution in [0.15, 0.2) is 52.7 Å². The number of nitrogens with zero attached hydrogens (tertiary/aromatic N) is 1. The number of thiazole rings is 1. The summed E-state index contributed by atoms with van der Waals surface area (Å²) in [5, 5.41) is 5.10. The lowest BCUT2D eigenvalue weighted by Gasteiger charge is -2.12. The van der Waals surface area contributed by atoms with Crippen molar-refractivity contribution in [3.05, 3.63) is 52.9 Å². The van der Waals surface area contributed by atoms with Crippen molar-refractivity contribution in [2.24, 2.45) is 0 Å². The first-order valence-electron chi connectivity index (χ1n) is 7.98. The van der Waals surface area contributed by atoms with Crippen LogP contribution in [0.2, 0.25) is 5.02 Å². The topological polar surface area (TPSA) is 97.4 Å². The summed E-state index contributed by atoms with van der Waals surface area (Å²) in [7, 11) is -2.62. The fraction of sp³-hybridized carbons (Fsp3) is 0.111. The molecule has 1 aromatic heterocycles. The van der Waals surface area contributed by atoms with Crippen LogP contribution in [0.3, 0.4) is 0 Å². The molecule has 2 aromatic carbocycles. The summed E-state index contributed by atoms with van der Waals surface area (Å²) in [5.74, 6) is -0.162. The molecule has 7 nitrogen and oxygen atoms in total.